The van der Waals surface area contributed by atoms with Crippen LogP contribution < -0.4 is 20.1 Å². The van der Waals surface area contributed by atoms with Crippen LogP contribution in [-0.4, -0.2) is 42.8 Å². The molecule has 0 unspecified atom stereocenters. The average molecular weight is 440 g/mol. The molecule has 2 amide bonds. The SMILES string of the molecule is COc1ccc(OC)c(NC(=O)[C@H](Cc2c[nH]c3ccccc23)NC(=O)OC(C)(C)C)c1. The topological polar surface area (TPSA) is 102 Å². The molecule has 1 aromatic heterocycles. The molecular weight excluding hydrogens is 410 g/mol. The summed E-state index contributed by atoms with van der Waals surface area (Å²) < 4.78 is 16.0. The van der Waals surface area contributed by atoms with Crippen LogP contribution >= 0.6 is 0 Å². The molecule has 0 aliphatic heterocycles. The van der Waals surface area contributed by atoms with Crippen LogP contribution in [0.4, 0.5) is 10.5 Å². The predicted octanol–water partition coefficient (Wildman–Crippen LogP) is 4.26. The number of rotatable bonds is 7. The maximum Gasteiger partial charge on any atom is 0.408 e. The predicted molar refractivity (Wildman–Crippen MR) is 123 cm³/mol. The van der Waals surface area contributed by atoms with Crippen molar-refractivity contribution in [3.05, 3.63) is 54.2 Å². The van der Waals surface area contributed by atoms with E-state index >= 15 is 0 Å². The van der Waals surface area contributed by atoms with Crippen LogP contribution in [0.5, 0.6) is 11.5 Å². The molecule has 170 valence electrons. The Kier molecular flexibility index (Phi) is 6.92. The van der Waals surface area contributed by atoms with E-state index in [-0.39, 0.29) is 6.42 Å². The molecule has 0 aliphatic rings. The largest absolute Gasteiger partial charge is 0.497 e. The lowest BCUT2D eigenvalue weighted by molar-refractivity contribution is -0.118. The molecule has 8 heteroatoms. The summed E-state index contributed by atoms with van der Waals surface area (Å²) in [6.45, 7) is 5.30. The highest BCUT2D eigenvalue weighted by molar-refractivity contribution is 5.98. The molecule has 1 atom stereocenters. The Hall–Kier alpha value is -3.68. The van der Waals surface area contributed by atoms with Crippen LogP contribution in [0.15, 0.2) is 48.7 Å². The molecule has 0 bridgehead atoms. The first-order valence-electron chi connectivity index (χ1n) is 10.3. The van der Waals surface area contributed by atoms with Gasteiger partial charge in [-0.2, -0.15) is 0 Å². The molecular formula is C24H29N3O5. The summed E-state index contributed by atoms with van der Waals surface area (Å²) >= 11 is 0. The molecule has 0 radical (unpaired) electrons. The lowest BCUT2D eigenvalue weighted by Gasteiger charge is -2.23. The third-order valence-corrected chi connectivity index (χ3v) is 4.77. The van der Waals surface area contributed by atoms with Gasteiger partial charge in [0.15, 0.2) is 0 Å². The molecule has 0 saturated heterocycles. The number of H-pyrrole nitrogens is 1. The number of benzene rings is 2. The van der Waals surface area contributed by atoms with E-state index in [1.165, 1.54) is 14.2 Å². The normalized spacial score (nSPS) is 12.2. The van der Waals surface area contributed by atoms with Crippen LogP contribution in [0.2, 0.25) is 0 Å². The van der Waals surface area contributed by atoms with Crippen molar-refractivity contribution >= 4 is 28.6 Å². The number of para-hydroxylation sites is 1. The van der Waals surface area contributed by atoms with Gasteiger partial charge in [-0.15, -0.1) is 0 Å². The number of methoxy groups -OCH3 is 2. The zero-order chi connectivity index (χ0) is 23.3. The minimum Gasteiger partial charge on any atom is -0.497 e. The quantitative estimate of drug-likeness (QED) is 0.511. The van der Waals surface area contributed by atoms with E-state index in [0.29, 0.717) is 17.2 Å². The van der Waals surface area contributed by atoms with Crippen LogP contribution in [0.3, 0.4) is 0 Å². The Balaban J connectivity index is 1.87. The van der Waals surface area contributed by atoms with Crippen LogP contribution in [0.1, 0.15) is 26.3 Å². The lowest BCUT2D eigenvalue weighted by Crippen LogP contribution is -2.47. The highest BCUT2D eigenvalue weighted by Gasteiger charge is 2.26. The van der Waals surface area contributed by atoms with E-state index in [4.69, 9.17) is 14.2 Å². The van der Waals surface area contributed by atoms with Gasteiger partial charge in [0.25, 0.3) is 0 Å². The fourth-order valence-corrected chi connectivity index (χ4v) is 3.31. The minimum absolute atomic E-state index is 0.265. The third kappa shape index (κ3) is 5.72. The zero-order valence-electron chi connectivity index (χ0n) is 18.9. The van der Waals surface area contributed by atoms with Crippen LogP contribution in [0.25, 0.3) is 10.9 Å². The summed E-state index contributed by atoms with van der Waals surface area (Å²) in [7, 11) is 3.05. The van der Waals surface area contributed by atoms with Crippen LogP contribution in [0, 0.1) is 0 Å². The molecule has 0 spiro atoms. The number of anilines is 1. The second kappa shape index (κ2) is 9.64. The first-order valence-corrected chi connectivity index (χ1v) is 10.3. The number of amides is 2. The van der Waals surface area contributed by atoms with Gasteiger partial charge in [-0.25, -0.2) is 4.79 Å². The molecule has 0 fully saturated rings. The van der Waals surface area contributed by atoms with Crippen molar-refractivity contribution in [3.63, 3.8) is 0 Å². The molecule has 0 saturated carbocycles. The van der Waals surface area contributed by atoms with E-state index in [1.54, 1.807) is 39.0 Å². The van der Waals surface area contributed by atoms with Gasteiger partial charge in [0.05, 0.1) is 19.9 Å². The summed E-state index contributed by atoms with van der Waals surface area (Å²) in [6.07, 6.45) is 1.44. The Labute approximate surface area is 187 Å². The number of nitrogens with one attached hydrogen (secondary N) is 3. The molecule has 0 aliphatic carbocycles. The second-order valence-corrected chi connectivity index (χ2v) is 8.32. The van der Waals surface area contributed by atoms with E-state index in [1.807, 2.05) is 30.5 Å². The average Bonchev–Trinajstić information content (AvgIpc) is 3.14. The van der Waals surface area contributed by atoms with Gasteiger partial charge in [0, 0.05) is 29.6 Å². The Morgan fingerprint density at radius 3 is 2.50 bits per heavy atom. The standard InChI is InChI=1S/C24H29N3O5/c1-24(2,3)32-23(29)27-20(12-15-14-25-18-9-7-6-8-17(15)18)22(28)26-19-13-16(30-4)10-11-21(19)31-5/h6-11,13-14,20,25H,12H2,1-5H3,(H,26,28)(H,27,29)/t20-/m0/s1. The summed E-state index contributed by atoms with van der Waals surface area (Å²) in [5, 5.41) is 6.53. The summed E-state index contributed by atoms with van der Waals surface area (Å²) in [4.78, 5) is 28.9. The number of aromatic nitrogens is 1. The van der Waals surface area contributed by atoms with Crippen molar-refractivity contribution in [1.29, 1.82) is 0 Å². The highest BCUT2D eigenvalue weighted by Crippen LogP contribution is 2.29. The number of hydrogen-bond acceptors (Lipinski definition) is 5. The van der Waals surface area contributed by atoms with E-state index in [9.17, 15) is 9.59 Å². The fraction of sp³-hybridized carbons (Fsp3) is 0.333. The van der Waals surface area contributed by atoms with Gasteiger partial charge >= 0.3 is 6.09 Å². The number of alkyl carbamates (subject to hydrolysis) is 1. The number of hydrogen-bond donors (Lipinski definition) is 3. The van der Waals surface area contributed by atoms with Crippen molar-refractivity contribution in [3.8, 4) is 11.5 Å². The van der Waals surface area contributed by atoms with Crippen molar-refractivity contribution in [2.24, 2.45) is 0 Å². The molecule has 3 rings (SSSR count). The first kappa shape index (κ1) is 23.0. The van der Waals surface area contributed by atoms with E-state index in [2.05, 4.69) is 15.6 Å². The molecule has 32 heavy (non-hydrogen) atoms. The monoisotopic (exact) mass is 439 g/mol. The highest BCUT2D eigenvalue weighted by atomic mass is 16.6. The number of ether oxygens (including phenoxy) is 3. The van der Waals surface area contributed by atoms with Crippen molar-refractivity contribution in [2.45, 2.75) is 38.8 Å². The van der Waals surface area contributed by atoms with Gasteiger partial charge in [0.2, 0.25) is 5.91 Å². The summed E-state index contributed by atoms with van der Waals surface area (Å²) in [5.41, 5.74) is 1.59. The number of aromatic amines is 1. The molecule has 8 nitrogen and oxygen atoms in total. The van der Waals surface area contributed by atoms with Crippen molar-refractivity contribution in [2.75, 3.05) is 19.5 Å². The van der Waals surface area contributed by atoms with Gasteiger partial charge in [-0.1, -0.05) is 18.2 Å². The van der Waals surface area contributed by atoms with Crippen molar-refractivity contribution in [1.82, 2.24) is 10.3 Å². The maximum absolute atomic E-state index is 13.3. The smallest absolute Gasteiger partial charge is 0.408 e. The molecule has 3 N–H and O–H groups in total. The maximum atomic E-state index is 13.3. The number of carbonyl (C=O) groups is 2. The summed E-state index contributed by atoms with van der Waals surface area (Å²) in [6, 6.07) is 12.0. The lowest BCUT2D eigenvalue weighted by atomic mass is 10.0. The number of fused-ring (bicyclic) bond motifs is 1. The zero-order valence-corrected chi connectivity index (χ0v) is 18.9. The first-order chi connectivity index (χ1) is 15.2. The number of carbonyl (C=O) groups excluding carboxylic acids is 2. The van der Waals surface area contributed by atoms with Gasteiger partial charge < -0.3 is 29.8 Å². The third-order valence-electron chi connectivity index (χ3n) is 4.77. The van der Waals surface area contributed by atoms with E-state index < -0.39 is 23.6 Å². The van der Waals surface area contributed by atoms with E-state index in [0.717, 1.165) is 16.5 Å². The fourth-order valence-electron chi connectivity index (χ4n) is 3.31. The molecule has 3 aromatic rings. The van der Waals surface area contributed by atoms with Gasteiger partial charge in [-0.3, -0.25) is 4.79 Å². The summed E-state index contributed by atoms with van der Waals surface area (Å²) in [5.74, 6) is 0.629. The van der Waals surface area contributed by atoms with Gasteiger partial charge in [0.1, 0.15) is 23.1 Å². The van der Waals surface area contributed by atoms with Crippen LogP contribution in [-0.2, 0) is 16.0 Å². The minimum atomic E-state index is -0.889. The molecule has 1 heterocycles. The Morgan fingerprint density at radius 1 is 1.06 bits per heavy atom. The Bertz CT molecular complexity index is 1100. The Morgan fingerprint density at radius 2 is 1.81 bits per heavy atom. The van der Waals surface area contributed by atoms with Crippen molar-refractivity contribution < 1.29 is 23.8 Å². The van der Waals surface area contributed by atoms with Gasteiger partial charge in [-0.05, 0) is 44.5 Å². The second-order valence-electron chi connectivity index (χ2n) is 8.32. The molecule has 2 aromatic carbocycles.